The zero-order valence-electron chi connectivity index (χ0n) is 10.8. The highest BCUT2D eigenvalue weighted by Crippen LogP contribution is 2.18. The average molecular weight is 297 g/mol. The van der Waals surface area contributed by atoms with Crippen LogP contribution in [0.4, 0.5) is 0 Å². The maximum absolute atomic E-state index is 12.0. The monoisotopic (exact) mass is 297 g/mol. The molecule has 0 atom stereocenters. The molecule has 0 aromatic heterocycles. The molecule has 1 amide bonds. The second-order valence-corrected chi connectivity index (χ2v) is 6.82. The molecular weight excluding hydrogens is 282 g/mol. The predicted octanol–water partition coefficient (Wildman–Crippen LogP) is 0.0707. The van der Waals surface area contributed by atoms with Crippen LogP contribution < -0.4 is 0 Å². The van der Waals surface area contributed by atoms with Crippen LogP contribution in [-0.4, -0.2) is 48.4 Å². The van der Waals surface area contributed by atoms with Gasteiger partial charge in [-0.25, -0.2) is 8.42 Å². The zero-order chi connectivity index (χ0) is 14.8. The number of nitrogens with zero attached hydrogens (tertiary/aromatic N) is 1. The second kappa shape index (κ2) is 5.62. The van der Waals surface area contributed by atoms with E-state index in [1.807, 2.05) is 24.3 Å². The van der Waals surface area contributed by atoms with Gasteiger partial charge in [-0.1, -0.05) is 24.3 Å². The Labute approximate surface area is 116 Å². The summed E-state index contributed by atoms with van der Waals surface area (Å²) < 4.78 is 23.0. The number of hydrogen-bond donors (Lipinski definition) is 1. The van der Waals surface area contributed by atoms with Crippen molar-refractivity contribution in [3.63, 3.8) is 0 Å². The average Bonchev–Trinajstić information content (AvgIpc) is 2.36. The Morgan fingerprint density at radius 1 is 1.15 bits per heavy atom. The lowest BCUT2D eigenvalue weighted by Gasteiger charge is -2.28. The quantitative estimate of drug-likeness (QED) is 0.849. The molecule has 0 fully saturated rings. The molecular formula is C13H15NO5S. The molecule has 0 aliphatic carbocycles. The minimum Gasteiger partial charge on any atom is -0.480 e. The van der Waals surface area contributed by atoms with Crippen molar-refractivity contribution in [2.75, 3.05) is 18.1 Å². The molecule has 108 valence electrons. The minimum atomic E-state index is -3.90. The van der Waals surface area contributed by atoms with Gasteiger partial charge in [0.2, 0.25) is 5.91 Å². The van der Waals surface area contributed by atoms with E-state index in [0.29, 0.717) is 19.5 Å². The van der Waals surface area contributed by atoms with Gasteiger partial charge < -0.3 is 10.0 Å². The first-order chi connectivity index (χ1) is 9.37. The van der Waals surface area contributed by atoms with Gasteiger partial charge in [0.05, 0.1) is 0 Å². The second-order valence-electron chi connectivity index (χ2n) is 4.76. The Hall–Kier alpha value is -1.89. The van der Waals surface area contributed by atoms with Crippen LogP contribution in [0, 0.1) is 0 Å². The third kappa shape index (κ3) is 3.57. The van der Waals surface area contributed by atoms with E-state index < -0.39 is 33.2 Å². The van der Waals surface area contributed by atoms with E-state index in [-0.39, 0.29) is 0 Å². The number of benzene rings is 1. The summed E-state index contributed by atoms with van der Waals surface area (Å²) in [6.45, 7) is 0.829. The van der Waals surface area contributed by atoms with Crippen molar-refractivity contribution >= 4 is 21.7 Å². The number of aliphatic carboxylic acids is 1. The summed E-state index contributed by atoms with van der Waals surface area (Å²) >= 11 is 0. The van der Waals surface area contributed by atoms with Crippen LogP contribution in [0.15, 0.2) is 24.3 Å². The fourth-order valence-electron chi connectivity index (χ4n) is 2.23. The van der Waals surface area contributed by atoms with Crippen molar-refractivity contribution in [2.45, 2.75) is 13.0 Å². The minimum absolute atomic E-state index is 0.373. The third-order valence-electron chi connectivity index (χ3n) is 3.17. The van der Waals surface area contributed by atoms with Crippen LogP contribution in [0.1, 0.15) is 11.1 Å². The van der Waals surface area contributed by atoms with Gasteiger partial charge in [-0.15, -0.1) is 0 Å². The van der Waals surface area contributed by atoms with E-state index in [0.717, 1.165) is 11.1 Å². The number of amides is 1. The number of carboxylic acid groups (broad SMARTS) is 1. The summed E-state index contributed by atoms with van der Waals surface area (Å²) in [5.74, 6) is -3.74. The molecule has 1 heterocycles. The van der Waals surface area contributed by atoms with Crippen LogP contribution in [-0.2, 0) is 32.4 Å². The normalized spacial score (nSPS) is 14.7. The molecule has 1 aliphatic rings. The van der Waals surface area contributed by atoms with Crippen molar-refractivity contribution in [3.8, 4) is 0 Å². The van der Waals surface area contributed by atoms with Gasteiger partial charge in [-0.05, 0) is 17.5 Å². The molecule has 0 bridgehead atoms. The lowest BCUT2D eigenvalue weighted by molar-refractivity contribution is -0.134. The number of hydrogen-bond acceptors (Lipinski definition) is 4. The van der Waals surface area contributed by atoms with E-state index >= 15 is 0 Å². The molecule has 0 saturated carbocycles. The fourth-order valence-corrected chi connectivity index (χ4v) is 3.26. The van der Waals surface area contributed by atoms with Gasteiger partial charge in [-0.2, -0.15) is 0 Å². The number of fused-ring (bicyclic) bond motifs is 1. The van der Waals surface area contributed by atoms with Crippen molar-refractivity contribution in [1.29, 1.82) is 0 Å². The summed E-state index contributed by atoms with van der Waals surface area (Å²) in [6.07, 6.45) is 0.681. The summed E-state index contributed by atoms with van der Waals surface area (Å²) in [7, 11) is -3.90. The van der Waals surface area contributed by atoms with E-state index in [1.54, 1.807) is 0 Å². The highest BCUT2D eigenvalue weighted by molar-refractivity contribution is 7.92. The summed E-state index contributed by atoms with van der Waals surface area (Å²) in [4.78, 5) is 23.9. The standard InChI is InChI=1S/C13H15NO5S/c15-12(8-20(18,19)9-13(16)17)14-6-5-10-3-1-2-4-11(10)7-14/h1-4H,5-9H2,(H,16,17). The van der Waals surface area contributed by atoms with E-state index in [1.165, 1.54) is 4.90 Å². The Morgan fingerprint density at radius 3 is 2.45 bits per heavy atom. The molecule has 1 aromatic rings. The molecule has 1 aliphatic heterocycles. The van der Waals surface area contributed by atoms with Gasteiger partial charge in [0.1, 0.15) is 11.5 Å². The first kappa shape index (κ1) is 14.5. The number of carbonyl (C=O) groups is 2. The summed E-state index contributed by atoms with van der Waals surface area (Å²) in [5, 5.41) is 8.50. The fraction of sp³-hybridized carbons (Fsp3) is 0.385. The molecule has 2 rings (SSSR count). The Kier molecular flexibility index (Phi) is 4.08. The predicted molar refractivity (Wildman–Crippen MR) is 71.9 cm³/mol. The highest BCUT2D eigenvalue weighted by Gasteiger charge is 2.26. The van der Waals surface area contributed by atoms with Gasteiger partial charge in [0.15, 0.2) is 9.84 Å². The van der Waals surface area contributed by atoms with Crippen LogP contribution in [0.2, 0.25) is 0 Å². The molecule has 0 unspecified atom stereocenters. The number of carboxylic acids is 1. The summed E-state index contributed by atoms with van der Waals surface area (Å²) in [5.41, 5.74) is 2.16. The molecule has 7 heteroatoms. The van der Waals surface area contributed by atoms with Crippen LogP contribution in [0.25, 0.3) is 0 Å². The number of rotatable bonds is 4. The van der Waals surface area contributed by atoms with Gasteiger partial charge in [0.25, 0.3) is 0 Å². The maximum atomic E-state index is 12.0. The van der Waals surface area contributed by atoms with Gasteiger partial charge in [0, 0.05) is 13.1 Å². The number of sulfone groups is 1. The first-order valence-electron chi connectivity index (χ1n) is 6.14. The third-order valence-corrected chi connectivity index (χ3v) is 4.54. The molecule has 6 nitrogen and oxygen atoms in total. The lowest BCUT2D eigenvalue weighted by atomic mass is 10.00. The van der Waals surface area contributed by atoms with Crippen LogP contribution in [0.3, 0.4) is 0 Å². The first-order valence-corrected chi connectivity index (χ1v) is 7.96. The molecule has 1 aromatic carbocycles. The van der Waals surface area contributed by atoms with E-state index in [2.05, 4.69) is 0 Å². The van der Waals surface area contributed by atoms with Crippen LogP contribution >= 0.6 is 0 Å². The molecule has 20 heavy (non-hydrogen) atoms. The lowest BCUT2D eigenvalue weighted by Crippen LogP contribution is -2.40. The molecule has 0 saturated heterocycles. The van der Waals surface area contributed by atoms with Crippen molar-refractivity contribution in [3.05, 3.63) is 35.4 Å². The summed E-state index contributed by atoms with van der Waals surface area (Å²) in [6, 6.07) is 7.68. The highest BCUT2D eigenvalue weighted by atomic mass is 32.2. The SMILES string of the molecule is O=C(O)CS(=O)(=O)CC(=O)N1CCc2ccccc2C1. The molecule has 0 radical (unpaired) electrons. The largest absolute Gasteiger partial charge is 0.480 e. The van der Waals surface area contributed by atoms with Gasteiger partial charge in [-0.3, -0.25) is 9.59 Å². The van der Waals surface area contributed by atoms with E-state index in [9.17, 15) is 18.0 Å². The Balaban J connectivity index is 2.04. The smallest absolute Gasteiger partial charge is 0.318 e. The van der Waals surface area contributed by atoms with Crippen molar-refractivity contribution < 1.29 is 23.1 Å². The van der Waals surface area contributed by atoms with Crippen LogP contribution in [0.5, 0.6) is 0 Å². The molecule has 0 spiro atoms. The van der Waals surface area contributed by atoms with Crippen molar-refractivity contribution in [2.24, 2.45) is 0 Å². The zero-order valence-corrected chi connectivity index (χ0v) is 11.6. The topological polar surface area (TPSA) is 91.7 Å². The molecule has 1 N–H and O–H groups in total. The van der Waals surface area contributed by atoms with Gasteiger partial charge >= 0.3 is 5.97 Å². The van der Waals surface area contributed by atoms with Crippen molar-refractivity contribution in [1.82, 2.24) is 4.90 Å². The Bertz CT molecular complexity index is 638. The van der Waals surface area contributed by atoms with E-state index in [4.69, 9.17) is 5.11 Å². The maximum Gasteiger partial charge on any atom is 0.318 e. The Morgan fingerprint density at radius 2 is 1.80 bits per heavy atom. The number of carbonyl (C=O) groups excluding carboxylic acids is 1.